The number of nitrogens with one attached hydrogen (secondary N) is 2. The highest BCUT2D eigenvalue weighted by Gasteiger charge is 2.15. The highest BCUT2D eigenvalue weighted by molar-refractivity contribution is 7.99. The average Bonchev–Trinajstić information content (AvgIpc) is 2.40. The van der Waals surface area contributed by atoms with E-state index in [0.717, 1.165) is 0 Å². The number of hydrogen-bond donors (Lipinski definition) is 2. The van der Waals surface area contributed by atoms with Gasteiger partial charge in [-0.05, 0) is 19.1 Å². The number of hydrogen-bond acceptors (Lipinski definition) is 4. The molecule has 0 aliphatic carbocycles. The summed E-state index contributed by atoms with van der Waals surface area (Å²) < 4.78 is 29.7. The smallest absolute Gasteiger partial charge is 0.288 e. The van der Waals surface area contributed by atoms with E-state index >= 15 is 0 Å². The minimum atomic E-state index is -2.50. The molecular weight excluding hydrogens is 286 g/mol. The average molecular weight is 304 g/mol. The first-order chi connectivity index (χ1) is 9.54. The Morgan fingerprint density at radius 3 is 2.75 bits per heavy atom. The molecule has 1 unspecified atom stereocenters. The lowest BCUT2D eigenvalue weighted by Gasteiger charge is -2.17. The first kappa shape index (κ1) is 16.7. The summed E-state index contributed by atoms with van der Waals surface area (Å²) in [4.78, 5) is 12.2. The number of ether oxygens (including phenoxy) is 1. The van der Waals surface area contributed by atoms with Crippen LogP contribution >= 0.6 is 11.8 Å². The largest absolute Gasteiger partial charge is 0.383 e. The molecule has 1 amide bonds. The second-order valence-corrected chi connectivity index (χ2v) is 5.06. The summed E-state index contributed by atoms with van der Waals surface area (Å²) in [6, 6.07) is 6.15. The number of para-hydroxylation sites is 1. The molecule has 0 aromatic heterocycles. The zero-order valence-corrected chi connectivity index (χ0v) is 12.2. The van der Waals surface area contributed by atoms with E-state index in [2.05, 4.69) is 10.6 Å². The van der Waals surface area contributed by atoms with Crippen LogP contribution in [0.1, 0.15) is 6.92 Å². The molecule has 0 bridgehead atoms. The van der Waals surface area contributed by atoms with E-state index in [-0.39, 0.29) is 5.91 Å². The Balaban J connectivity index is 2.60. The lowest BCUT2D eigenvalue weighted by molar-refractivity contribution is -0.121. The molecule has 4 nitrogen and oxygen atoms in total. The predicted octanol–water partition coefficient (Wildman–Crippen LogP) is 2.56. The second-order valence-electron chi connectivity index (χ2n) is 4.02. The van der Waals surface area contributed by atoms with E-state index in [1.165, 1.54) is 0 Å². The quantitative estimate of drug-likeness (QED) is 0.572. The maximum Gasteiger partial charge on any atom is 0.288 e. The molecule has 20 heavy (non-hydrogen) atoms. The van der Waals surface area contributed by atoms with Crippen molar-refractivity contribution in [2.24, 2.45) is 0 Å². The molecule has 0 saturated carbocycles. The van der Waals surface area contributed by atoms with Gasteiger partial charge in [0.2, 0.25) is 5.91 Å². The topological polar surface area (TPSA) is 50.4 Å². The fourth-order valence-electron chi connectivity index (χ4n) is 1.51. The number of thioether (sulfide) groups is 1. The number of alkyl halides is 2. The highest BCUT2D eigenvalue weighted by atomic mass is 32.2. The third-order valence-electron chi connectivity index (χ3n) is 2.47. The molecule has 1 rings (SSSR count). The van der Waals surface area contributed by atoms with E-state index in [0.29, 0.717) is 35.5 Å². The second kappa shape index (κ2) is 8.76. The van der Waals surface area contributed by atoms with Crippen molar-refractivity contribution >= 4 is 23.4 Å². The summed E-state index contributed by atoms with van der Waals surface area (Å²) in [7, 11) is 1.55. The zero-order chi connectivity index (χ0) is 15.0. The van der Waals surface area contributed by atoms with Crippen LogP contribution in [0.3, 0.4) is 0 Å². The number of benzene rings is 1. The number of methoxy groups -OCH3 is 1. The molecule has 2 N–H and O–H groups in total. The molecule has 1 aromatic rings. The molecule has 1 aromatic carbocycles. The SMILES string of the molecule is COCCNC(=O)C(C)Nc1ccccc1SC(F)F. The maximum atomic E-state index is 12.4. The lowest BCUT2D eigenvalue weighted by Crippen LogP contribution is -2.39. The van der Waals surface area contributed by atoms with Gasteiger partial charge in [-0.1, -0.05) is 23.9 Å². The highest BCUT2D eigenvalue weighted by Crippen LogP contribution is 2.31. The number of rotatable bonds is 8. The normalized spacial score (nSPS) is 12.2. The van der Waals surface area contributed by atoms with Crippen LogP contribution in [0.2, 0.25) is 0 Å². The van der Waals surface area contributed by atoms with E-state index < -0.39 is 11.8 Å². The third-order valence-corrected chi connectivity index (χ3v) is 3.26. The number of amides is 1. The summed E-state index contributed by atoms with van der Waals surface area (Å²) >= 11 is 0.453. The van der Waals surface area contributed by atoms with Crippen molar-refractivity contribution in [3.63, 3.8) is 0 Å². The van der Waals surface area contributed by atoms with E-state index in [1.807, 2.05) is 0 Å². The van der Waals surface area contributed by atoms with Crippen LogP contribution < -0.4 is 10.6 Å². The molecular formula is C13H18F2N2O2S. The van der Waals surface area contributed by atoms with Crippen molar-refractivity contribution in [2.45, 2.75) is 23.6 Å². The van der Waals surface area contributed by atoms with E-state index in [1.54, 1.807) is 38.3 Å². The maximum absolute atomic E-state index is 12.4. The predicted molar refractivity (Wildman–Crippen MR) is 76.3 cm³/mol. The van der Waals surface area contributed by atoms with Crippen LogP contribution in [-0.4, -0.2) is 38.0 Å². The molecule has 0 aliphatic rings. The minimum Gasteiger partial charge on any atom is -0.383 e. The Hall–Kier alpha value is -1.34. The van der Waals surface area contributed by atoms with Gasteiger partial charge in [0.05, 0.1) is 6.61 Å². The van der Waals surface area contributed by atoms with Gasteiger partial charge in [0.25, 0.3) is 5.76 Å². The molecule has 112 valence electrons. The Labute approximate surface area is 121 Å². The van der Waals surface area contributed by atoms with Crippen LogP contribution in [0.4, 0.5) is 14.5 Å². The van der Waals surface area contributed by atoms with Gasteiger partial charge in [-0.25, -0.2) is 0 Å². The Morgan fingerprint density at radius 2 is 2.10 bits per heavy atom. The Morgan fingerprint density at radius 1 is 1.40 bits per heavy atom. The van der Waals surface area contributed by atoms with Gasteiger partial charge in [-0.2, -0.15) is 8.78 Å². The standard InChI is InChI=1S/C13H18F2N2O2S/c1-9(12(18)16-7-8-19-2)17-10-5-3-4-6-11(10)20-13(14)15/h3-6,9,13,17H,7-8H2,1-2H3,(H,16,18). The van der Waals surface area contributed by atoms with Gasteiger partial charge in [-0.15, -0.1) is 0 Å². The van der Waals surface area contributed by atoms with Crippen LogP contribution in [0.25, 0.3) is 0 Å². The first-order valence-corrected chi connectivity index (χ1v) is 6.99. The summed E-state index contributed by atoms with van der Waals surface area (Å²) in [6.07, 6.45) is 0. The monoisotopic (exact) mass is 304 g/mol. The van der Waals surface area contributed by atoms with Gasteiger partial charge >= 0.3 is 0 Å². The number of carbonyl (C=O) groups is 1. The fraction of sp³-hybridized carbons (Fsp3) is 0.462. The molecule has 0 spiro atoms. The van der Waals surface area contributed by atoms with Crippen molar-refractivity contribution in [1.82, 2.24) is 5.32 Å². The van der Waals surface area contributed by atoms with Gasteiger partial charge in [0.1, 0.15) is 6.04 Å². The fourth-order valence-corrected chi connectivity index (χ4v) is 2.12. The van der Waals surface area contributed by atoms with Crippen molar-refractivity contribution in [1.29, 1.82) is 0 Å². The molecule has 1 atom stereocenters. The number of carbonyl (C=O) groups excluding carboxylic acids is 1. The Bertz CT molecular complexity index is 433. The van der Waals surface area contributed by atoms with Crippen LogP contribution in [0.15, 0.2) is 29.2 Å². The lowest BCUT2D eigenvalue weighted by atomic mass is 10.2. The molecule has 0 fully saturated rings. The van der Waals surface area contributed by atoms with Crippen molar-refractivity contribution < 1.29 is 18.3 Å². The van der Waals surface area contributed by atoms with Gasteiger partial charge in [0.15, 0.2) is 0 Å². The summed E-state index contributed by atoms with van der Waals surface area (Å²) in [6.45, 7) is 2.51. The molecule has 0 radical (unpaired) electrons. The van der Waals surface area contributed by atoms with Gasteiger partial charge < -0.3 is 15.4 Å². The third kappa shape index (κ3) is 5.75. The molecule has 0 saturated heterocycles. The van der Waals surface area contributed by atoms with Crippen LogP contribution in [0, 0.1) is 0 Å². The van der Waals surface area contributed by atoms with Crippen LogP contribution in [-0.2, 0) is 9.53 Å². The summed E-state index contributed by atoms with van der Waals surface area (Å²) in [5.41, 5.74) is 0.521. The minimum absolute atomic E-state index is 0.209. The van der Waals surface area contributed by atoms with Gasteiger partial charge in [-0.3, -0.25) is 4.79 Å². The first-order valence-electron chi connectivity index (χ1n) is 6.11. The van der Waals surface area contributed by atoms with E-state index in [4.69, 9.17) is 4.74 Å². The Kier molecular flexibility index (Phi) is 7.32. The number of halogens is 2. The van der Waals surface area contributed by atoms with Crippen LogP contribution in [0.5, 0.6) is 0 Å². The van der Waals surface area contributed by atoms with Crippen molar-refractivity contribution in [3.8, 4) is 0 Å². The zero-order valence-electron chi connectivity index (χ0n) is 11.4. The summed E-state index contributed by atoms with van der Waals surface area (Å²) in [5.74, 6) is -2.71. The summed E-state index contributed by atoms with van der Waals surface area (Å²) in [5, 5.41) is 5.62. The molecule has 0 heterocycles. The van der Waals surface area contributed by atoms with Gasteiger partial charge in [0, 0.05) is 24.2 Å². The molecule has 7 heteroatoms. The number of anilines is 1. The van der Waals surface area contributed by atoms with Crippen molar-refractivity contribution in [2.75, 3.05) is 25.6 Å². The van der Waals surface area contributed by atoms with Crippen molar-refractivity contribution in [3.05, 3.63) is 24.3 Å². The molecule has 0 aliphatic heterocycles. The van der Waals surface area contributed by atoms with E-state index in [9.17, 15) is 13.6 Å².